The van der Waals surface area contributed by atoms with Gasteiger partial charge in [-0.25, -0.2) is 9.59 Å². The molecule has 0 aliphatic heterocycles. The van der Waals surface area contributed by atoms with E-state index in [2.05, 4.69) is 16.0 Å². The monoisotopic (exact) mass is 359 g/mol. The molecule has 3 amide bonds. The summed E-state index contributed by atoms with van der Waals surface area (Å²) in [6.07, 6.45) is 1.49. The van der Waals surface area contributed by atoms with Gasteiger partial charge in [0, 0.05) is 0 Å². The maximum Gasteiger partial charge on any atom is 0.330 e. The second kappa shape index (κ2) is 8.70. The van der Waals surface area contributed by atoms with Crippen molar-refractivity contribution in [3.8, 4) is 0 Å². The molecule has 8 heteroatoms. The number of aliphatic carboxylic acids is 1. The average molecular weight is 359 g/mol. The fraction of sp³-hybridized carbons (Fsp3) is 0.278. The summed E-state index contributed by atoms with van der Waals surface area (Å²) in [6, 6.07) is 6.83. The van der Waals surface area contributed by atoms with E-state index >= 15 is 0 Å². The van der Waals surface area contributed by atoms with Crippen LogP contribution in [0.25, 0.3) is 0 Å². The minimum atomic E-state index is -1.19. The number of carboxylic acids is 1. The number of furan rings is 1. The molecular weight excluding hydrogens is 338 g/mol. The quantitative estimate of drug-likeness (QED) is 0.599. The van der Waals surface area contributed by atoms with Gasteiger partial charge in [-0.3, -0.25) is 4.79 Å². The van der Waals surface area contributed by atoms with Crippen molar-refractivity contribution in [1.29, 1.82) is 0 Å². The van der Waals surface area contributed by atoms with Crippen LogP contribution < -0.4 is 16.0 Å². The number of carbonyl (C=O) groups is 3. The van der Waals surface area contributed by atoms with Crippen molar-refractivity contribution in [2.75, 3.05) is 6.54 Å². The first-order valence-corrected chi connectivity index (χ1v) is 8.00. The number of hydrogen-bond acceptors (Lipinski definition) is 4. The van der Waals surface area contributed by atoms with E-state index in [1.54, 1.807) is 30.3 Å². The maximum absolute atomic E-state index is 12.0. The molecule has 1 aromatic heterocycles. The van der Waals surface area contributed by atoms with E-state index in [9.17, 15) is 19.5 Å². The molecule has 2 rings (SSSR count). The Kier molecular flexibility index (Phi) is 6.37. The lowest BCUT2D eigenvalue weighted by Gasteiger charge is -2.16. The summed E-state index contributed by atoms with van der Waals surface area (Å²) < 4.78 is 5.07. The molecular formula is C18H21N3O5. The molecule has 4 N–H and O–H groups in total. The Balaban J connectivity index is 1.86. The van der Waals surface area contributed by atoms with E-state index in [1.165, 1.54) is 6.26 Å². The first-order chi connectivity index (χ1) is 12.4. The molecule has 8 nitrogen and oxygen atoms in total. The molecule has 0 aliphatic carbocycles. The van der Waals surface area contributed by atoms with Gasteiger partial charge in [0.1, 0.15) is 5.76 Å². The zero-order chi connectivity index (χ0) is 19.1. The van der Waals surface area contributed by atoms with Gasteiger partial charge in [-0.2, -0.15) is 0 Å². The van der Waals surface area contributed by atoms with Gasteiger partial charge in [0.05, 0.1) is 19.4 Å². The molecule has 0 fully saturated rings. The van der Waals surface area contributed by atoms with Crippen LogP contribution in [0.2, 0.25) is 0 Å². The fourth-order valence-electron chi connectivity index (χ4n) is 2.25. The number of hydrogen-bond donors (Lipinski definition) is 4. The van der Waals surface area contributed by atoms with Gasteiger partial charge in [0.2, 0.25) is 5.91 Å². The van der Waals surface area contributed by atoms with E-state index in [4.69, 9.17) is 4.42 Å². The predicted molar refractivity (Wildman–Crippen MR) is 93.4 cm³/mol. The number of urea groups is 1. The van der Waals surface area contributed by atoms with E-state index in [0.717, 1.165) is 11.1 Å². The number of carbonyl (C=O) groups excluding carboxylic acids is 2. The summed E-state index contributed by atoms with van der Waals surface area (Å²) in [6.45, 7) is 3.61. The molecule has 1 heterocycles. The lowest BCUT2D eigenvalue weighted by atomic mass is 10.0. The van der Waals surface area contributed by atoms with Crippen molar-refractivity contribution in [2.24, 2.45) is 0 Å². The van der Waals surface area contributed by atoms with E-state index in [-0.39, 0.29) is 13.1 Å². The largest absolute Gasteiger partial charge is 0.479 e. The van der Waals surface area contributed by atoms with Crippen LogP contribution in [0.1, 0.15) is 28.5 Å². The van der Waals surface area contributed by atoms with Crippen LogP contribution in [0.4, 0.5) is 4.79 Å². The first-order valence-electron chi connectivity index (χ1n) is 8.00. The van der Waals surface area contributed by atoms with Crippen molar-refractivity contribution in [2.45, 2.75) is 26.4 Å². The number of rotatable bonds is 7. The molecule has 138 valence electrons. The van der Waals surface area contributed by atoms with E-state index < -0.39 is 23.9 Å². The van der Waals surface area contributed by atoms with Crippen LogP contribution in [0.5, 0.6) is 0 Å². The van der Waals surface area contributed by atoms with Crippen molar-refractivity contribution in [3.63, 3.8) is 0 Å². The van der Waals surface area contributed by atoms with Crippen molar-refractivity contribution in [1.82, 2.24) is 16.0 Å². The summed E-state index contributed by atoms with van der Waals surface area (Å²) in [7, 11) is 0. The highest BCUT2D eigenvalue weighted by Crippen LogP contribution is 2.17. The Morgan fingerprint density at radius 3 is 2.50 bits per heavy atom. The Bertz CT molecular complexity index is 786. The van der Waals surface area contributed by atoms with Crippen LogP contribution in [0.3, 0.4) is 0 Å². The third kappa shape index (κ3) is 5.37. The van der Waals surface area contributed by atoms with Crippen LogP contribution in [0, 0.1) is 13.8 Å². The van der Waals surface area contributed by atoms with Gasteiger partial charge < -0.3 is 25.5 Å². The topological polar surface area (TPSA) is 121 Å². The van der Waals surface area contributed by atoms with E-state index in [1.807, 2.05) is 13.8 Å². The molecule has 0 bridgehead atoms. The van der Waals surface area contributed by atoms with Crippen molar-refractivity contribution < 1.29 is 23.9 Å². The van der Waals surface area contributed by atoms with Crippen LogP contribution in [-0.2, 0) is 16.1 Å². The minimum Gasteiger partial charge on any atom is -0.479 e. The molecule has 0 radical (unpaired) electrons. The van der Waals surface area contributed by atoms with Crippen molar-refractivity contribution >= 4 is 17.9 Å². The van der Waals surface area contributed by atoms with Crippen molar-refractivity contribution in [3.05, 3.63) is 59.0 Å². The normalized spacial score (nSPS) is 11.5. The molecule has 0 spiro atoms. The third-order valence-corrected chi connectivity index (χ3v) is 3.83. The van der Waals surface area contributed by atoms with E-state index in [0.29, 0.717) is 11.3 Å². The smallest absolute Gasteiger partial charge is 0.330 e. The summed E-state index contributed by atoms with van der Waals surface area (Å²) in [5.41, 5.74) is 2.42. The molecule has 0 saturated carbocycles. The lowest BCUT2D eigenvalue weighted by molar-refractivity contribution is -0.141. The highest BCUT2D eigenvalue weighted by molar-refractivity contribution is 5.88. The summed E-state index contributed by atoms with van der Waals surface area (Å²) in [5, 5.41) is 16.7. The van der Waals surface area contributed by atoms with Gasteiger partial charge in [0.25, 0.3) is 0 Å². The van der Waals surface area contributed by atoms with Crippen LogP contribution in [0.15, 0.2) is 41.0 Å². The zero-order valence-electron chi connectivity index (χ0n) is 14.5. The SMILES string of the molecule is Cc1ccc(C(NC(=O)CNC(=O)NCc2ccco2)C(=O)O)cc1C. The fourth-order valence-corrected chi connectivity index (χ4v) is 2.25. The zero-order valence-corrected chi connectivity index (χ0v) is 14.5. The Morgan fingerprint density at radius 2 is 1.88 bits per heavy atom. The van der Waals surface area contributed by atoms with Gasteiger partial charge in [-0.05, 0) is 42.7 Å². The number of amides is 3. The summed E-state index contributed by atoms with van der Waals surface area (Å²) in [5.74, 6) is -1.21. The molecule has 0 aliphatic rings. The molecule has 26 heavy (non-hydrogen) atoms. The number of nitrogens with one attached hydrogen (secondary N) is 3. The molecule has 1 unspecified atom stereocenters. The minimum absolute atomic E-state index is 0.181. The highest BCUT2D eigenvalue weighted by Gasteiger charge is 2.22. The second-order valence-electron chi connectivity index (χ2n) is 5.80. The van der Waals surface area contributed by atoms with Gasteiger partial charge in [-0.15, -0.1) is 0 Å². The van der Waals surface area contributed by atoms with Crippen LogP contribution in [-0.4, -0.2) is 29.6 Å². The second-order valence-corrected chi connectivity index (χ2v) is 5.80. The molecule has 1 atom stereocenters. The average Bonchev–Trinajstić information content (AvgIpc) is 3.12. The number of carboxylic acid groups (broad SMARTS) is 1. The predicted octanol–water partition coefficient (Wildman–Crippen LogP) is 1.64. The van der Waals surface area contributed by atoms with Gasteiger partial charge in [-0.1, -0.05) is 18.2 Å². The number of aryl methyl sites for hydroxylation is 2. The highest BCUT2D eigenvalue weighted by atomic mass is 16.4. The summed E-state index contributed by atoms with van der Waals surface area (Å²) >= 11 is 0. The molecule has 1 aromatic carbocycles. The molecule has 2 aromatic rings. The standard InChI is InChI=1S/C18H21N3O5/c1-11-5-6-13(8-12(11)2)16(17(23)24)21-15(22)10-20-18(25)19-9-14-4-3-7-26-14/h3-8,16H,9-10H2,1-2H3,(H,21,22)(H,23,24)(H2,19,20,25). The Labute approximate surface area is 150 Å². The first kappa shape index (κ1) is 19.0. The Hall–Kier alpha value is -3.29. The third-order valence-electron chi connectivity index (χ3n) is 3.83. The van der Waals surface area contributed by atoms with Gasteiger partial charge >= 0.3 is 12.0 Å². The van der Waals surface area contributed by atoms with Crippen LogP contribution >= 0.6 is 0 Å². The summed E-state index contributed by atoms with van der Waals surface area (Å²) in [4.78, 5) is 35.1. The van der Waals surface area contributed by atoms with Gasteiger partial charge in [0.15, 0.2) is 6.04 Å². The number of benzene rings is 1. The lowest BCUT2D eigenvalue weighted by Crippen LogP contribution is -2.44. The Morgan fingerprint density at radius 1 is 1.12 bits per heavy atom. The molecule has 0 saturated heterocycles. The maximum atomic E-state index is 12.0.